The van der Waals surface area contributed by atoms with Gasteiger partial charge in [0.1, 0.15) is 0 Å². The van der Waals surface area contributed by atoms with E-state index in [1.165, 1.54) is 0 Å². The number of aliphatic hydroxyl groups is 1. The molecule has 0 spiro atoms. The van der Waals surface area contributed by atoms with E-state index < -0.39 is 6.10 Å². The molecule has 0 aromatic carbocycles. The van der Waals surface area contributed by atoms with Crippen molar-refractivity contribution in [2.75, 3.05) is 13.1 Å². The number of carbonyl (C=O) groups is 1. The normalized spacial score (nSPS) is 20.3. The van der Waals surface area contributed by atoms with Crippen molar-refractivity contribution < 1.29 is 9.90 Å². The molecule has 1 aliphatic rings. The lowest BCUT2D eigenvalue weighted by Crippen LogP contribution is -2.42. The number of piperidine rings is 1. The van der Waals surface area contributed by atoms with Gasteiger partial charge >= 0.3 is 0 Å². The number of hydrogen-bond acceptors (Lipinski definition) is 3. The van der Waals surface area contributed by atoms with E-state index in [4.69, 9.17) is 0 Å². The molecule has 0 saturated carbocycles. The van der Waals surface area contributed by atoms with Crippen molar-refractivity contribution in [3.05, 3.63) is 36.2 Å². The molecule has 1 aliphatic heterocycles. The Morgan fingerprint density at radius 2 is 2.33 bits per heavy atom. The average molecular weight is 245 g/mol. The van der Waals surface area contributed by atoms with Crippen LogP contribution >= 0.6 is 0 Å². The third-order valence-electron chi connectivity index (χ3n) is 3.34. The molecule has 0 bridgehead atoms. The molecule has 3 heterocycles. The van der Waals surface area contributed by atoms with Crippen molar-refractivity contribution in [3.63, 3.8) is 0 Å². The van der Waals surface area contributed by atoms with E-state index in [2.05, 4.69) is 5.10 Å². The summed E-state index contributed by atoms with van der Waals surface area (Å²) in [4.78, 5) is 14.1. The molecule has 1 atom stereocenters. The quantitative estimate of drug-likeness (QED) is 0.813. The Hall–Kier alpha value is -1.88. The van der Waals surface area contributed by atoms with Crippen molar-refractivity contribution in [2.45, 2.75) is 18.9 Å². The van der Waals surface area contributed by atoms with Gasteiger partial charge in [-0.3, -0.25) is 4.79 Å². The summed E-state index contributed by atoms with van der Waals surface area (Å²) in [5, 5.41) is 13.8. The molecule has 0 unspecified atom stereocenters. The summed E-state index contributed by atoms with van der Waals surface area (Å²) in [5.74, 6) is -0.0463. The lowest BCUT2D eigenvalue weighted by molar-refractivity contribution is 0.0475. The predicted octanol–water partition coefficient (Wildman–Crippen LogP) is 0.931. The highest BCUT2D eigenvalue weighted by Crippen LogP contribution is 2.17. The minimum Gasteiger partial charge on any atom is -0.391 e. The highest BCUT2D eigenvalue weighted by atomic mass is 16.3. The summed E-state index contributed by atoms with van der Waals surface area (Å²) < 4.78 is 1.69. The van der Waals surface area contributed by atoms with Gasteiger partial charge in [-0.25, -0.2) is 4.52 Å². The van der Waals surface area contributed by atoms with Crippen LogP contribution in [0.2, 0.25) is 0 Å². The molecule has 3 rings (SSSR count). The molecule has 18 heavy (non-hydrogen) atoms. The SMILES string of the molecule is O=C(c1cnn2ccccc12)N1CCC[C@H](O)C1. The van der Waals surface area contributed by atoms with Gasteiger partial charge in [-0.1, -0.05) is 6.07 Å². The number of aliphatic hydroxyl groups excluding tert-OH is 1. The van der Waals surface area contributed by atoms with Crippen LogP contribution in [0.15, 0.2) is 30.6 Å². The van der Waals surface area contributed by atoms with Gasteiger partial charge in [0.25, 0.3) is 5.91 Å². The van der Waals surface area contributed by atoms with Gasteiger partial charge < -0.3 is 10.0 Å². The summed E-state index contributed by atoms with van der Waals surface area (Å²) in [6.07, 6.45) is 4.64. The van der Waals surface area contributed by atoms with E-state index in [1.54, 1.807) is 15.6 Å². The van der Waals surface area contributed by atoms with Crippen molar-refractivity contribution in [3.8, 4) is 0 Å². The Morgan fingerprint density at radius 3 is 3.17 bits per heavy atom. The maximum Gasteiger partial charge on any atom is 0.257 e. The fourth-order valence-corrected chi connectivity index (χ4v) is 2.41. The highest BCUT2D eigenvalue weighted by molar-refractivity contribution is 6.00. The zero-order valence-corrected chi connectivity index (χ0v) is 9.99. The average Bonchev–Trinajstić information content (AvgIpc) is 2.82. The van der Waals surface area contributed by atoms with Crippen molar-refractivity contribution in [2.24, 2.45) is 0 Å². The van der Waals surface area contributed by atoms with Crippen molar-refractivity contribution >= 4 is 11.4 Å². The van der Waals surface area contributed by atoms with Gasteiger partial charge in [0.2, 0.25) is 0 Å². The number of pyridine rings is 1. The Morgan fingerprint density at radius 1 is 1.44 bits per heavy atom. The molecule has 5 heteroatoms. The van der Waals surface area contributed by atoms with Gasteiger partial charge in [-0.15, -0.1) is 0 Å². The van der Waals surface area contributed by atoms with Crippen LogP contribution < -0.4 is 0 Å². The lowest BCUT2D eigenvalue weighted by atomic mass is 10.1. The third kappa shape index (κ3) is 1.86. The molecule has 2 aromatic heterocycles. The zero-order valence-electron chi connectivity index (χ0n) is 9.99. The highest BCUT2D eigenvalue weighted by Gasteiger charge is 2.24. The molecule has 1 amide bonds. The van der Waals surface area contributed by atoms with Gasteiger partial charge in [0.15, 0.2) is 0 Å². The van der Waals surface area contributed by atoms with E-state index in [0.717, 1.165) is 18.4 Å². The molecular weight excluding hydrogens is 230 g/mol. The minimum absolute atomic E-state index is 0.0463. The zero-order chi connectivity index (χ0) is 12.5. The van der Waals surface area contributed by atoms with Crippen LogP contribution in [0.3, 0.4) is 0 Å². The standard InChI is InChI=1S/C13H15N3O2/c17-10-4-3-6-15(9-10)13(18)11-8-14-16-7-2-1-5-12(11)16/h1-2,5,7-8,10,17H,3-4,6,9H2/t10-/m0/s1. The minimum atomic E-state index is -0.399. The molecule has 5 nitrogen and oxygen atoms in total. The molecule has 0 aliphatic carbocycles. The van der Waals surface area contributed by atoms with Gasteiger partial charge in [0, 0.05) is 19.3 Å². The Labute approximate surface area is 105 Å². The summed E-state index contributed by atoms with van der Waals surface area (Å²) in [7, 11) is 0. The number of likely N-dealkylation sites (tertiary alicyclic amines) is 1. The second-order valence-corrected chi connectivity index (χ2v) is 4.64. The first-order valence-electron chi connectivity index (χ1n) is 6.15. The smallest absolute Gasteiger partial charge is 0.257 e. The molecule has 94 valence electrons. The second-order valence-electron chi connectivity index (χ2n) is 4.64. The van der Waals surface area contributed by atoms with E-state index in [9.17, 15) is 9.90 Å². The number of carbonyl (C=O) groups excluding carboxylic acids is 1. The van der Waals surface area contributed by atoms with Gasteiger partial charge in [-0.05, 0) is 25.0 Å². The topological polar surface area (TPSA) is 57.8 Å². The van der Waals surface area contributed by atoms with E-state index in [-0.39, 0.29) is 5.91 Å². The molecule has 0 radical (unpaired) electrons. The Balaban J connectivity index is 1.92. The summed E-state index contributed by atoms with van der Waals surface area (Å²) >= 11 is 0. The number of fused-ring (bicyclic) bond motifs is 1. The van der Waals surface area contributed by atoms with Crippen LogP contribution in [0.4, 0.5) is 0 Å². The fourth-order valence-electron chi connectivity index (χ4n) is 2.41. The van der Waals surface area contributed by atoms with Crippen LogP contribution in [0.1, 0.15) is 23.2 Å². The number of hydrogen-bond donors (Lipinski definition) is 1. The molecule has 1 N–H and O–H groups in total. The summed E-state index contributed by atoms with van der Waals surface area (Å²) in [6.45, 7) is 1.13. The first-order valence-corrected chi connectivity index (χ1v) is 6.15. The first-order chi connectivity index (χ1) is 8.75. The lowest BCUT2D eigenvalue weighted by Gasteiger charge is -2.29. The molecular formula is C13H15N3O2. The summed E-state index contributed by atoms with van der Waals surface area (Å²) in [6, 6.07) is 5.64. The van der Waals surface area contributed by atoms with E-state index in [0.29, 0.717) is 18.7 Å². The maximum atomic E-state index is 12.4. The molecule has 1 fully saturated rings. The number of aromatic nitrogens is 2. The van der Waals surface area contributed by atoms with E-state index >= 15 is 0 Å². The number of β-amino-alcohol motifs (C(OH)–C–C–N with tert-alkyl or cyclic N) is 1. The summed E-state index contributed by atoms with van der Waals surface area (Å²) in [5.41, 5.74) is 1.41. The van der Waals surface area contributed by atoms with Crippen LogP contribution in [-0.4, -0.2) is 44.7 Å². The number of nitrogens with zero attached hydrogens (tertiary/aromatic N) is 3. The van der Waals surface area contributed by atoms with Gasteiger partial charge in [0.05, 0.1) is 23.4 Å². The first kappa shape index (κ1) is 11.2. The van der Waals surface area contributed by atoms with Crippen LogP contribution in [-0.2, 0) is 0 Å². The van der Waals surface area contributed by atoms with Crippen LogP contribution in [0, 0.1) is 0 Å². The van der Waals surface area contributed by atoms with Crippen molar-refractivity contribution in [1.82, 2.24) is 14.5 Å². The van der Waals surface area contributed by atoms with Crippen LogP contribution in [0.5, 0.6) is 0 Å². The Kier molecular flexibility index (Phi) is 2.76. The number of amides is 1. The largest absolute Gasteiger partial charge is 0.391 e. The van der Waals surface area contributed by atoms with Gasteiger partial charge in [-0.2, -0.15) is 5.10 Å². The predicted molar refractivity (Wildman–Crippen MR) is 66.3 cm³/mol. The number of rotatable bonds is 1. The van der Waals surface area contributed by atoms with Crippen LogP contribution in [0.25, 0.3) is 5.52 Å². The van der Waals surface area contributed by atoms with E-state index in [1.807, 2.05) is 24.4 Å². The monoisotopic (exact) mass is 245 g/mol. The third-order valence-corrected chi connectivity index (χ3v) is 3.34. The fraction of sp³-hybridized carbons (Fsp3) is 0.385. The van der Waals surface area contributed by atoms with Crippen molar-refractivity contribution in [1.29, 1.82) is 0 Å². The molecule has 1 saturated heterocycles. The second kappa shape index (κ2) is 4.42. The maximum absolute atomic E-state index is 12.4. The Bertz CT molecular complexity index is 578. The molecule has 2 aromatic rings.